The molecule has 4 nitrogen and oxygen atoms in total. The number of nitriles is 1. The summed E-state index contributed by atoms with van der Waals surface area (Å²) in [6, 6.07) is 10.1. The first kappa shape index (κ1) is 12.2. The maximum atomic E-state index is 12.2. The van der Waals surface area contributed by atoms with Gasteiger partial charge >= 0.3 is 0 Å². The lowest BCUT2D eigenvalue weighted by Crippen LogP contribution is -2.39. The highest BCUT2D eigenvalue weighted by atomic mass is 16.2. The van der Waals surface area contributed by atoms with Crippen LogP contribution in [0.5, 0.6) is 0 Å². The van der Waals surface area contributed by atoms with Gasteiger partial charge in [-0.15, -0.1) is 0 Å². The third kappa shape index (κ3) is 2.77. The van der Waals surface area contributed by atoms with E-state index in [2.05, 4.69) is 11.4 Å². The molecule has 1 aromatic rings. The Bertz CT molecular complexity index is 513. The second-order valence-electron chi connectivity index (χ2n) is 5.35. The standard InChI is InChI=1S/C15H17N3O/c16-9-11-1-3-12(4-2-11)10-18-8-7-14(15(18)19)17-13-5-6-13/h1-4,13-14,17H,5-8,10H2. The fourth-order valence-electron chi connectivity index (χ4n) is 2.49. The number of likely N-dealkylation sites (tertiary alicyclic amines) is 1. The Kier molecular flexibility index (Phi) is 3.22. The average Bonchev–Trinajstić information content (AvgIpc) is 3.19. The van der Waals surface area contributed by atoms with Crippen LogP contribution in [0.4, 0.5) is 0 Å². The molecule has 2 fully saturated rings. The van der Waals surface area contributed by atoms with Crippen LogP contribution >= 0.6 is 0 Å². The minimum atomic E-state index is 0.0193. The van der Waals surface area contributed by atoms with Crippen molar-refractivity contribution in [3.63, 3.8) is 0 Å². The third-order valence-electron chi connectivity index (χ3n) is 3.77. The molecule has 19 heavy (non-hydrogen) atoms. The molecule has 0 aromatic heterocycles. The van der Waals surface area contributed by atoms with E-state index in [1.165, 1.54) is 12.8 Å². The predicted octanol–water partition coefficient (Wildman–Crippen LogP) is 1.41. The SMILES string of the molecule is N#Cc1ccc(CN2CCC(NC3CC3)C2=O)cc1. The largest absolute Gasteiger partial charge is 0.337 e. The van der Waals surface area contributed by atoms with Crippen molar-refractivity contribution in [3.8, 4) is 6.07 Å². The van der Waals surface area contributed by atoms with Crippen molar-refractivity contribution in [2.45, 2.75) is 37.9 Å². The Morgan fingerprint density at radius 3 is 2.63 bits per heavy atom. The number of nitrogens with zero attached hydrogens (tertiary/aromatic N) is 2. The summed E-state index contributed by atoms with van der Waals surface area (Å²) in [5.74, 6) is 0.219. The van der Waals surface area contributed by atoms with E-state index < -0.39 is 0 Å². The topological polar surface area (TPSA) is 56.1 Å². The Morgan fingerprint density at radius 1 is 1.26 bits per heavy atom. The monoisotopic (exact) mass is 255 g/mol. The van der Waals surface area contributed by atoms with E-state index in [0.29, 0.717) is 18.2 Å². The molecule has 0 radical (unpaired) electrons. The maximum Gasteiger partial charge on any atom is 0.240 e. The number of carbonyl (C=O) groups is 1. The van der Waals surface area contributed by atoms with Crippen LogP contribution in [-0.2, 0) is 11.3 Å². The van der Waals surface area contributed by atoms with Crippen molar-refractivity contribution in [2.75, 3.05) is 6.54 Å². The number of hydrogen-bond donors (Lipinski definition) is 1. The molecule has 1 amide bonds. The number of benzene rings is 1. The lowest BCUT2D eigenvalue weighted by Gasteiger charge is -2.17. The van der Waals surface area contributed by atoms with Crippen LogP contribution in [0.2, 0.25) is 0 Å². The van der Waals surface area contributed by atoms with Crippen molar-refractivity contribution in [1.82, 2.24) is 10.2 Å². The van der Waals surface area contributed by atoms with Gasteiger partial charge in [-0.1, -0.05) is 12.1 Å². The van der Waals surface area contributed by atoms with E-state index in [0.717, 1.165) is 18.5 Å². The van der Waals surface area contributed by atoms with Crippen molar-refractivity contribution in [2.24, 2.45) is 0 Å². The molecule has 2 aliphatic rings. The molecule has 1 unspecified atom stereocenters. The highest BCUT2D eigenvalue weighted by Gasteiger charge is 2.35. The molecule has 1 saturated heterocycles. The summed E-state index contributed by atoms with van der Waals surface area (Å²) in [5, 5.41) is 12.2. The summed E-state index contributed by atoms with van der Waals surface area (Å²) >= 11 is 0. The molecule has 1 aliphatic carbocycles. The molecular formula is C15H17N3O. The minimum absolute atomic E-state index is 0.0193. The number of nitrogens with one attached hydrogen (secondary N) is 1. The summed E-state index contributed by atoms with van der Waals surface area (Å²) in [7, 11) is 0. The predicted molar refractivity (Wildman–Crippen MR) is 71.1 cm³/mol. The fraction of sp³-hybridized carbons (Fsp3) is 0.467. The molecule has 1 heterocycles. The molecule has 0 spiro atoms. The second-order valence-corrected chi connectivity index (χ2v) is 5.35. The third-order valence-corrected chi connectivity index (χ3v) is 3.77. The van der Waals surface area contributed by atoms with Gasteiger partial charge < -0.3 is 10.2 Å². The van der Waals surface area contributed by atoms with Crippen molar-refractivity contribution in [3.05, 3.63) is 35.4 Å². The zero-order chi connectivity index (χ0) is 13.2. The summed E-state index contributed by atoms with van der Waals surface area (Å²) < 4.78 is 0. The van der Waals surface area contributed by atoms with Gasteiger partial charge in [-0.3, -0.25) is 4.79 Å². The smallest absolute Gasteiger partial charge is 0.240 e. The fourth-order valence-corrected chi connectivity index (χ4v) is 2.49. The van der Waals surface area contributed by atoms with Crippen LogP contribution in [0.3, 0.4) is 0 Å². The van der Waals surface area contributed by atoms with Gasteiger partial charge in [0, 0.05) is 19.1 Å². The van der Waals surface area contributed by atoms with E-state index in [1.807, 2.05) is 17.0 Å². The van der Waals surface area contributed by atoms with Crippen molar-refractivity contribution < 1.29 is 4.79 Å². The molecule has 1 saturated carbocycles. The summed E-state index contributed by atoms with van der Waals surface area (Å²) in [4.78, 5) is 14.1. The number of hydrogen-bond acceptors (Lipinski definition) is 3. The van der Waals surface area contributed by atoms with E-state index in [-0.39, 0.29) is 11.9 Å². The highest BCUT2D eigenvalue weighted by Crippen LogP contribution is 2.23. The lowest BCUT2D eigenvalue weighted by molar-refractivity contribution is -0.129. The molecule has 3 rings (SSSR count). The average molecular weight is 255 g/mol. The summed E-state index contributed by atoms with van der Waals surface area (Å²) in [6.07, 6.45) is 3.32. The van der Waals surface area contributed by atoms with E-state index in [9.17, 15) is 4.79 Å². The van der Waals surface area contributed by atoms with Crippen LogP contribution < -0.4 is 5.32 Å². The first-order valence-corrected chi connectivity index (χ1v) is 6.80. The van der Waals surface area contributed by atoms with Gasteiger partial charge in [-0.05, 0) is 37.0 Å². The van der Waals surface area contributed by atoms with Crippen LogP contribution in [-0.4, -0.2) is 29.4 Å². The molecule has 1 atom stereocenters. The van der Waals surface area contributed by atoms with Crippen LogP contribution in [0.1, 0.15) is 30.4 Å². The second kappa shape index (κ2) is 5.02. The summed E-state index contributed by atoms with van der Waals surface area (Å²) in [5.41, 5.74) is 1.74. The highest BCUT2D eigenvalue weighted by molar-refractivity contribution is 5.84. The summed E-state index contributed by atoms with van der Waals surface area (Å²) in [6.45, 7) is 1.47. The number of rotatable bonds is 4. The molecule has 1 aromatic carbocycles. The molecule has 1 aliphatic heterocycles. The minimum Gasteiger partial charge on any atom is -0.337 e. The number of amides is 1. The first-order valence-electron chi connectivity index (χ1n) is 6.80. The van der Waals surface area contributed by atoms with Crippen molar-refractivity contribution >= 4 is 5.91 Å². The van der Waals surface area contributed by atoms with Gasteiger partial charge in [0.15, 0.2) is 0 Å². The molecule has 98 valence electrons. The van der Waals surface area contributed by atoms with E-state index in [1.54, 1.807) is 12.1 Å². The molecule has 0 bridgehead atoms. The van der Waals surface area contributed by atoms with Gasteiger partial charge in [-0.2, -0.15) is 5.26 Å². The maximum absolute atomic E-state index is 12.2. The molecular weight excluding hydrogens is 238 g/mol. The normalized spacial score (nSPS) is 22.6. The van der Waals surface area contributed by atoms with Crippen LogP contribution in [0.25, 0.3) is 0 Å². The Hall–Kier alpha value is -1.86. The van der Waals surface area contributed by atoms with Gasteiger partial charge in [0.1, 0.15) is 0 Å². The molecule has 4 heteroatoms. The van der Waals surface area contributed by atoms with Crippen LogP contribution in [0.15, 0.2) is 24.3 Å². The first-order chi connectivity index (χ1) is 9.26. The Balaban J connectivity index is 1.60. The van der Waals surface area contributed by atoms with Gasteiger partial charge in [0.2, 0.25) is 5.91 Å². The Labute approximate surface area is 113 Å². The van der Waals surface area contributed by atoms with Gasteiger partial charge in [0.05, 0.1) is 17.7 Å². The van der Waals surface area contributed by atoms with Crippen molar-refractivity contribution in [1.29, 1.82) is 5.26 Å². The number of carbonyl (C=O) groups excluding carboxylic acids is 1. The zero-order valence-corrected chi connectivity index (χ0v) is 10.8. The Morgan fingerprint density at radius 2 is 2.00 bits per heavy atom. The lowest BCUT2D eigenvalue weighted by atomic mass is 10.1. The van der Waals surface area contributed by atoms with E-state index >= 15 is 0 Å². The molecule has 1 N–H and O–H groups in total. The van der Waals surface area contributed by atoms with Gasteiger partial charge in [0.25, 0.3) is 0 Å². The van der Waals surface area contributed by atoms with Crippen LogP contribution in [0, 0.1) is 11.3 Å². The van der Waals surface area contributed by atoms with E-state index in [4.69, 9.17) is 5.26 Å². The zero-order valence-electron chi connectivity index (χ0n) is 10.8. The quantitative estimate of drug-likeness (QED) is 0.885. The van der Waals surface area contributed by atoms with Gasteiger partial charge in [-0.25, -0.2) is 0 Å².